The predicted octanol–water partition coefficient (Wildman–Crippen LogP) is 3.46. The molecule has 4 nitrogen and oxygen atoms in total. The number of rotatable bonds is 3. The Morgan fingerprint density at radius 3 is 3.04 bits per heavy atom. The van der Waals surface area contributed by atoms with Gasteiger partial charge in [-0.25, -0.2) is 4.98 Å². The van der Waals surface area contributed by atoms with Crippen LogP contribution in [0.5, 0.6) is 0 Å². The molecule has 0 atom stereocenters. The normalized spacial score (nSPS) is 18.9. The fourth-order valence-corrected chi connectivity index (χ4v) is 5.01. The fraction of sp³-hybridized carbons (Fsp3) is 0.556. The summed E-state index contributed by atoms with van der Waals surface area (Å²) in [7, 11) is 2.17. The molecule has 0 radical (unpaired) electrons. The molecular weight excluding hydrogens is 304 g/mol. The minimum absolute atomic E-state index is 0.661. The Kier molecular flexibility index (Phi) is 4.07. The van der Waals surface area contributed by atoms with E-state index < -0.39 is 0 Å². The van der Waals surface area contributed by atoms with Crippen LogP contribution in [0.1, 0.15) is 42.5 Å². The standard InChI is InChI=1S/C18H24N4S/c1-21-9-8-14-15(11-21)23-18-16(14)17(19)22(12-20-18)10-7-13-5-3-2-4-6-13/h5,12,19H,2-4,6-11H2,1H3. The summed E-state index contributed by atoms with van der Waals surface area (Å²) < 4.78 is 2.04. The summed E-state index contributed by atoms with van der Waals surface area (Å²) in [5, 5.41) is 9.77. The van der Waals surface area contributed by atoms with Crippen molar-refractivity contribution in [2.75, 3.05) is 13.6 Å². The highest BCUT2D eigenvalue weighted by Crippen LogP contribution is 2.31. The maximum Gasteiger partial charge on any atom is 0.136 e. The van der Waals surface area contributed by atoms with Crippen molar-refractivity contribution in [1.82, 2.24) is 14.5 Å². The van der Waals surface area contributed by atoms with Crippen LogP contribution in [0, 0.1) is 5.41 Å². The van der Waals surface area contributed by atoms with Crippen molar-refractivity contribution in [2.45, 2.75) is 51.6 Å². The number of nitrogens with one attached hydrogen (secondary N) is 1. The first-order valence-corrected chi connectivity index (χ1v) is 9.45. The summed E-state index contributed by atoms with van der Waals surface area (Å²) in [5.41, 5.74) is 3.61. The molecular formula is C18H24N4S. The maximum absolute atomic E-state index is 8.66. The summed E-state index contributed by atoms with van der Waals surface area (Å²) in [6, 6.07) is 0. The largest absolute Gasteiger partial charge is 0.317 e. The van der Waals surface area contributed by atoms with Crippen LogP contribution in [0.3, 0.4) is 0 Å². The molecule has 2 aromatic heterocycles. The van der Waals surface area contributed by atoms with Crippen molar-refractivity contribution in [1.29, 1.82) is 5.41 Å². The second kappa shape index (κ2) is 6.21. The number of hydrogen-bond acceptors (Lipinski definition) is 4. The number of likely N-dealkylation sites (N-methyl/N-ethyl adjacent to an activating group) is 1. The van der Waals surface area contributed by atoms with E-state index in [-0.39, 0.29) is 0 Å². The molecule has 5 heteroatoms. The molecule has 122 valence electrons. The maximum atomic E-state index is 8.66. The Morgan fingerprint density at radius 2 is 2.22 bits per heavy atom. The summed E-state index contributed by atoms with van der Waals surface area (Å²) in [6.07, 6.45) is 11.5. The second-order valence-electron chi connectivity index (χ2n) is 6.82. The van der Waals surface area contributed by atoms with Crippen molar-refractivity contribution in [3.8, 4) is 0 Å². The van der Waals surface area contributed by atoms with Crippen molar-refractivity contribution < 1.29 is 0 Å². The van der Waals surface area contributed by atoms with E-state index in [9.17, 15) is 0 Å². The molecule has 2 aliphatic rings. The third-order valence-electron chi connectivity index (χ3n) is 5.13. The molecule has 4 rings (SSSR count). The highest BCUT2D eigenvalue weighted by Gasteiger charge is 2.21. The van der Waals surface area contributed by atoms with Crippen molar-refractivity contribution in [3.63, 3.8) is 0 Å². The van der Waals surface area contributed by atoms with Gasteiger partial charge in [0.1, 0.15) is 10.3 Å². The molecule has 0 fully saturated rings. The number of allylic oxidation sites excluding steroid dienone is 2. The van der Waals surface area contributed by atoms with Gasteiger partial charge < -0.3 is 9.47 Å². The lowest BCUT2D eigenvalue weighted by atomic mass is 9.97. The molecule has 0 bridgehead atoms. The van der Waals surface area contributed by atoms with Gasteiger partial charge >= 0.3 is 0 Å². The monoisotopic (exact) mass is 328 g/mol. The van der Waals surface area contributed by atoms with Crippen LogP contribution in [0.15, 0.2) is 18.0 Å². The Balaban J connectivity index is 1.65. The fourth-order valence-electron chi connectivity index (χ4n) is 3.74. The topological polar surface area (TPSA) is 44.9 Å². The van der Waals surface area contributed by atoms with Gasteiger partial charge in [-0.15, -0.1) is 11.3 Å². The van der Waals surface area contributed by atoms with Gasteiger partial charge in [0.15, 0.2) is 0 Å². The third kappa shape index (κ3) is 2.88. The van der Waals surface area contributed by atoms with Crippen LogP contribution in [-0.2, 0) is 19.5 Å². The minimum atomic E-state index is 0.661. The Morgan fingerprint density at radius 1 is 1.30 bits per heavy atom. The first-order valence-electron chi connectivity index (χ1n) is 8.63. The SMILES string of the molecule is CN1CCc2c(sc3ncn(CCC4=CCCCC4)c(=N)c23)C1. The summed E-state index contributed by atoms with van der Waals surface area (Å²) >= 11 is 1.78. The quantitative estimate of drug-likeness (QED) is 0.877. The van der Waals surface area contributed by atoms with Crippen LogP contribution in [0.2, 0.25) is 0 Å². The van der Waals surface area contributed by atoms with E-state index in [0.29, 0.717) is 5.49 Å². The molecule has 0 unspecified atom stereocenters. The molecule has 23 heavy (non-hydrogen) atoms. The van der Waals surface area contributed by atoms with E-state index in [0.717, 1.165) is 42.7 Å². The Labute approximate surface area is 141 Å². The highest BCUT2D eigenvalue weighted by molar-refractivity contribution is 7.18. The number of fused-ring (bicyclic) bond motifs is 3. The first-order chi connectivity index (χ1) is 11.2. The average Bonchev–Trinajstić information content (AvgIpc) is 2.93. The van der Waals surface area contributed by atoms with Gasteiger partial charge in [0.25, 0.3) is 0 Å². The Bertz CT molecular complexity index is 814. The summed E-state index contributed by atoms with van der Waals surface area (Å²) in [4.78, 5) is 9.46. The van der Waals surface area contributed by atoms with Gasteiger partial charge in [-0.3, -0.25) is 5.41 Å². The lowest BCUT2D eigenvalue weighted by molar-refractivity contribution is 0.318. The van der Waals surface area contributed by atoms with Gasteiger partial charge in [-0.1, -0.05) is 11.6 Å². The van der Waals surface area contributed by atoms with Gasteiger partial charge in [0, 0.05) is 24.5 Å². The van der Waals surface area contributed by atoms with Gasteiger partial charge in [0.2, 0.25) is 0 Å². The zero-order valence-corrected chi connectivity index (χ0v) is 14.6. The number of hydrogen-bond donors (Lipinski definition) is 1. The summed E-state index contributed by atoms with van der Waals surface area (Å²) in [6.45, 7) is 2.97. The second-order valence-corrected chi connectivity index (χ2v) is 7.90. The first kappa shape index (κ1) is 15.1. The van der Waals surface area contributed by atoms with Crippen LogP contribution in [0.4, 0.5) is 0 Å². The van der Waals surface area contributed by atoms with Crippen LogP contribution >= 0.6 is 11.3 Å². The van der Waals surface area contributed by atoms with Crippen molar-refractivity contribution in [2.24, 2.45) is 0 Å². The van der Waals surface area contributed by atoms with Crippen LogP contribution in [0.25, 0.3) is 10.2 Å². The average molecular weight is 328 g/mol. The molecule has 1 aliphatic carbocycles. The molecule has 0 saturated heterocycles. The smallest absolute Gasteiger partial charge is 0.136 e. The van der Waals surface area contributed by atoms with E-state index in [1.54, 1.807) is 16.9 Å². The molecule has 1 N–H and O–H groups in total. The van der Waals surface area contributed by atoms with E-state index in [1.807, 2.05) is 10.9 Å². The number of aryl methyl sites for hydroxylation is 1. The molecule has 0 aromatic carbocycles. The predicted molar refractivity (Wildman–Crippen MR) is 94.7 cm³/mol. The molecule has 0 spiro atoms. The number of nitrogens with zero attached hydrogens (tertiary/aromatic N) is 3. The lowest BCUT2D eigenvalue weighted by Crippen LogP contribution is -2.27. The number of thiophene rings is 1. The van der Waals surface area contributed by atoms with Crippen LogP contribution in [-0.4, -0.2) is 28.0 Å². The highest BCUT2D eigenvalue weighted by atomic mass is 32.1. The van der Waals surface area contributed by atoms with E-state index in [4.69, 9.17) is 5.41 Å². The van der Waals surface area contributed by atoms with Gasteiger partial charge in [-0.2, -0.15) is 0 Å². The third-order valence-corrected chi connectivity index (χ3v) is 6.25. The van der Waals surface area contributed by atoms with Crippen molar-refractivity contribution in [3.05, 3.63) is 33.9 Å². The van der Waals surface area contributed by atoms with E-state index in [1.165, 1.54) is 36.1 Å². The lowest BCUT2D eigenvalue weighted by Gasteiger charge is -2.22. The molecule has 1 aliphatic heterocycles. The van der Waals surface area contributed by atoms with E-state index >= 15 is 0 Å². The van der Waals surface area contributed by atoms with Crippen molar-refractivity contribution >= 4 is 21.6 Å². The summed E-state index contributed by atoms with van der Waals surface area (Å²) in [5.74, 6) is 0. The van der Waals surface area contributed by atoms with E-state index in [2.05, 4.69) is 23.0 Å². The molecule has 3 heterocycles. The molecule has 0 amide bonds. The van der Waals surface area contributed by atoms with Gasteiger partial charge in [-0.05, 0) is 51.1 Å². The zero-order chi connectivity index (χ0) is 15.8. The van der Waals surface area contributed by atoms with Gasteiger partial charge in [0.05, 0.1) is 11.7 Å². The molecule has 2 aromatic rings. The number of aromatic nitrogens is 2. The Hall–Kier alpha value is -1.46. The van der Waals surface area contributed by atoms with Crippen LogP contribution < -0.4 is 5.49 Å². The minimum Gasteiger partial charge on any atom is -0.317 e. The zero-order valence-electron chi connectivity index (χ0n) is 13.8. The molecule has 0 saturated carbocycles.